The molecule has 1 unspecified atom stereocenters. The van der Waals surface area contributed by atoms with Gasteiger partial charge in [0.1, 0.15) is 6.04 Å². The highest BCUT2D eigenvalue weighted by Crippen LogP contribution is 2.14. The molecule has 1 atom stereocenters. The Hall–Kier alpha value is -0.490. The van der Waals surface area contributed by atoms with Gasteiger partial charge < -0.3 is 20.3 Å². The van der Waals surface area contributed by atoms with E-state index in [-0.39, 0.29) is 24.9 Å². The summed E-state index contributed by atoms with van der Waals surface area (Å²) in [4.78, 5) is 15.8. The third kappa shape index (κ3) is 5.01. The normalized spacial score (nSPS) is 22.9. The molecule has 2 N–H and O–H groups in total. The molecule has 1 amide bonds. The van der Waals surface area contributed by atoms with E-state index in [4.69, 9.17) is 10.5 Å². The van der Waals surface area contributed by atoms with Crippen molar-refractivity contribution in [2.45, 2.75) is 6.04 Å². The number of methoxy groups -OCH3 is 1. The summed E-state index contributed by atoms with van der Waals surface area (Å²) in [7, 11) is 0.0355. The molecule has 11 heteroatoms. The molecule has 2 rings (SSSR count). The van der Waals surface area contributed by atoms with Crippen LogP contribution in [0.25, 0.3) is 0 Å². The van der Waals surface area contributed by atoms with Gasteiger partial charge in [-0.3, -0.25) is 4.79 Å². The second-order valence-corrected chi connectivity index (χ2v) is 7.92. The third-order valence-electron chi connectivity index (χ3n) is 4.33. The molecule has 0 spiro atoms. The highest BCUT2D eigenvalue weighted by molar-refractivity contribution is 7.86. The van der Waals surface area contributed by atoms with Crippen LogP contribution < -0.4 is 5.73 Å². The average molecular weight is 386 g/mol. The number of rotatable bonds is 5. The van der Waals surface area contributed by atoms with E-state index in [1.807, 2.05) is 7.05 Å². The van der Waals surface area contributed by atoms with E-state index >= 15 is 0 Å². The first kappa shape index (κ1) is 21.6. The van der Waals surface area contributed by atoms with Crippen LogP contribution in [0.3, 0.4) is 0 Å². The van der Waals surface area contributed by atoms with Crippen molar-refractivity contribution in [1.82, 2.24) is 18.4 Å². The van der Waals surface area contributed by atoms with Gasteiger partial charge in [0.2, 0.25) is 5.91 Å². The number of carbonyl (C=O) groups excluding carboxylic acids is 1. The molecule has 0 aromatic heterocycles. The minimum Gasteiger partial charge on any atom is -0.383 e. The largest absolute Gasteiger partial charge is 0.383 e. The van der Waals surface area contributed by atoms with E-state index in [9.17, 15) is 13.2 Å². The lowest BCUT2D eigenvalue weighted by molar-refractivity contribution is -0.135. The van der Waals surface area contributed by atoms with E-state index in [1.165, 1.54) is 15.7 Å². The van der Waals surface area contributed by atoms with Crippen LogP contribution in [0, 0.1) is 0 Å². The molecular weight excluding hydrogens is 358 g/mol. The number of carbonyl (C=O) groups is 1. The topological polar surface area (TPSA) is 99.4 Å². The van der Waals surface area contributed by atoms with E-state index in [0.717, 1.165) is 13.1 Å². The zero-order chi connectivity index (χ0) is 17.0. The van der Waals surface area contributed by atoms with Crippen molar-refractivity contribution in [1.29, 1.82) is 0 Å². The zero-order valence-electron chi connectivity index (χ0n) is 14.3. The second-order valence-electron chi connectivity index (χ2n) is 6.00. The molecule has 2 aliphatic rings. The van der Waals surface area contributed by atoms with Crippen LogP contribution in [0.2, 0.25) is 0 Å². The Morgan fingerprint density at radius 2 is 1.50 bits per heavy atom. The smallest absolute Gasteiger partial charge is 0.282 e. The molecule has 0 aromatic rings. The SMILES string of the molecule is COCC(N)C(=O)N1CCN(S(=O)(=O)N2CCN(C)CC2)CC1.Cl. The van der Waals surface area contributed by atoms with E-state index in [0.29, 0.717) is 39.3 Å². The molecule has 2 fully saturated rings. The molecule has 0 aliphatic carbocycles. The Labute approximate surface area is 150 Å². The van der Waals surface area contributed by atoms with Gasteiger partial charge in [-0.15, -0.1) is 12.4 Å². The predicted octanol–water partition coefficient (Wildman–Crippen LogP) is -1.98. The highest BCUT2D eigenvalue weighted by Gasteiger charge is 2.35. The summed E-state index contributed by atoms with van der Waals surface area (Å²) in [6.07, 6.45) is 0. The lowest BCUT2D eigenvalue weighted by Crippen LogP contribution is -2.58. The Balaban J connectivity index is 0.00000288. The Bertz CT molecular complexity index is 504. The maximum absolute atomic E-state index is 12.6. The maximum Gasteiger partial charge on any atom is 0.282 e. The summed E-state index contributed by atoms with van der Waals surface area (Å²) < 4.78 is 33.2. The van der Waals surface area contributed by atoms with Crippen LogP contribution in [0.5, 0.6) is 0 Å². The predicted molar refractivity (Wildman–Crippen MR) is 93.2 cm³/mol. The fraction of sp³-hybridized carbons (Fsp3) is 0.923. The first-order chi connectivity index (χ1) is 10.9. The number of hydrogen-bond donors (Lipinski definition) is 1. The lowest BCUT2D eigenvalue weighted by Gasteiger charge is -2.39. The van der Waals surface area contributed by atoms with Crippen LogP contribution in [-0.4, -0.2) is 112 Å². The Morgan fingerprint density at radius 3 is 1.96 bits per heavy atom. The number of amides is 1. The molecule has 24 heavy (non-hydrogen) atoms. The van der Waals surface area contributed by atoms with Crippen molar-refractivity contribution in [3.05, 3.63) is 0 Å². The zero-order valence-corrected chi connectivity index (χ0v) is 15.9. The van der Waals surface area contributed by atoms with Gasteiger partial charge >= 0.3 is 0 Å². The van der Waals surface area contributed by atoms with Gasteiger partial charge in [0.25, 0.3) is 10.2 Å². The first-order valence-electron chi connectivity index (χ1n) is 7.83. The highest BCUT2D eigenvalue weighted by atomic mass is 35.5. The number of nitrogens with two attached hydrogens (primary N) is 1. The molecule has 142 valence electrons. The maximum atomic E-state index is 12.6. The van der Waals surface area contributed by atoms with Crippen molar-refractivity contribution >= 4 is 28.5 Å². The fourth-order valence-electron chi connectivity index (χ4n) is 2.81. The van der Waals surface area contributed by atoms with Gasteiger partial charge in [0, 0.05) is 59.5 Å². The monoisotopic (exact) mass is 385 g/mol. The van der Waals surface area contributed by atoms with E-state index in [2.05, 4.69) is 4.90 Å². The van der Waals surface area contributed by atoms with Crippen LogP contribution in [-0.2, 0) is 19.7 Å². The van der Waals surface area contributed by atoms with Crippen LogP contribution in [0.15, 0.2) is 0 Å². The molecule has 2 aliphatic heterocycles. The Morgan fingerprint density at radius 1 is 1.04 bits per heavy atom. The second kappa shape index (κ2) is 9.27. The summed E-state index contributed by atoms with van der Waals surface area (Å²) in [5, 5.41) is 0. The van der Waals surface area contributed by atoms with Gasteiger partial charge in [0.05, 0.1) is 6.61 Å². The molecule has 0 bridgehead atoms. The van der Waals surface area contributed by atoms with Gasteiger partial charge in [-0.25, -0.2) is 0 Å². The van der Waals surface area contributed by atoms with Gasteiger partial charge in [-0.05, 0) is 7.05 Å². The number of halogens is 1. The minimum absolute atomic E-state index is 0. The Kier molecular flexibility index (Phi) is 8.33. The van der Waals surface area contributed by atoms with E-state index in [1.54, 1.807) is 4.90 Å². The summed E-state index contributed by atoms with van der Waals surface area (Å²) in [6.45, 7) is 4.01. The standard InChI is InChI=1S/C13H27N5O4S.ClH/c1-15-3-7-17(8-4-15)23(20,21)18-9-5-16(6-10-18)13(19)12(14)11-22-2;/h12H,3-11,14H2,1-2H3;1H. The van der Waals surface area contributed by atoms with E-state index < -0.39 is 16.3 Å². The van der Waals surface area contributed by atoms with Crippen molar-refractivity contribution in [3.63, 3.8) is 0 Å². The molecule has 2 saturated heterocycles. The summed E-state index contributed by atoms with van der Waals surface area (Å²) >= 11 is 0. The van der Waals surface area contributed by atoms with Crippen molar-refractivity contribution in [2.75, 3.05) is 73.1 Å². The molecule has 2 heterocycles. The van der Waals surface area contributed by atoms with Gasteiger partial charge in [0.15, 0.2) is 0 Å². The van der Waals surface area contributed by atoms with Gasteiger partial charge in [-0.1, -0.05) is 0 Å². The lowest BCUT2D eigenvalue weighted by atomic mass is 10.2. The van der Waals surface area contributed by atoms with Crippen molar-refractivity contribution in [3.8, 4) is 0 Å². The number of ether oxygens (including phenoxy) is 1. The summed E-state index contributed by atoms with van der Waals surface area (Å²) in [5.74, 6) is -0.191. The van der Waals surface area contributed by atoms with Crippen molar-refractivity contribution < 1.29 is 17.9 Å². The van der Waals surface area contributed by atoms with Crippen LogP contribution in [0.1, 0.15) is 0 Å². The van der Waals surface area contributed by atoms with Crippen LogP contribution in [0.4, 0.5) is 0 Å². The third-order valence-corrected chi connectivity index (χ3v) is 6.36. The fourth-order valence-corrected chi connectivity index (χ4v) is 4.38. The van der Waals surface area contributed by atoms with Crippen LogP contribution >= 0.6 is 12.4 Å². The molecular formula is C13H28ClN5O4S. The summed E-state index contributed by atoms with van der Waals surface area (Å²) in [5.41, 5.74) is 5.75. The first-order valence-corrected chi connectivity index (χ1v) is 9.23. The number of piperazine rings is 2. The molecule has 0 radical (unpaired) electrons. The number of hydrogen-bond acceptors (Lipinski definition) is 6. The average Bonchev–Trinajstić information content (AvgIpc) is 2.55. The van der Waals surface area contributed by atoms with Crippen molar-refractivity contribution in [2.24, 2.45) is 5.73 Å². The molecule has 9 nitrogen and oxygen atoms in total. The summed E-state index contributed by atoms with van der Waals surface area (Å²) in [6, 6.07) is -0.694. The minimum atomic E-state index is -3.44. The number of likely N-dealkylation sites (N-methyl/N-ethyl adjacent to an activating group) is 1. The molecule has 0 aromatic carbocycles. The molecule has 0 saturated carbocycles. The van der Waals surface area contributed by atoms with Gasteiger partial charge in [-0.2, -0.15) is 17.0 Å². The number of nitrogens with zero attached hydrogens (tertiary/aromatic N) is 4. The quantitative estimate of drug-likeness (QED) is 0.588.